The van der Waals surface area contributed by atoms with Gasteiger partial charge in [0.25, 0.3) is 5.91 Å². The maximum Gasteiger partial charge on any atom is 0.290 e. The molecule has 5 nitrogen and oxygen atoms in total. The molecule has 0 spiro atoms. The summed E-state index contributed by atoms with van der Waals surface area (Å²) in [6.45, 7) is 7.08. The normalized spacial score (nSPS) is 16.0. The molecule has 0 radical (unpaired) electrons. The number of carbonyl (C=O) groups excluding carboxylic acids is 1. The Labute approximate surface area is 184 Å². The molecule has 1 atom stereocenters. The number of amides is 1. The molecule has 30 heavy (non-hydrogen) atoms. The lowest BCUT2D eigenvalue weighted by atomic mass is 9.98. The maximum absolute atomic E-state index is 13.4. The number of hydrogen-bond donors (Lipinski definition) is 0. The number of carbonyl (C=O) groups is 1. The predicted octanol–water partition coefficient (Wildman–Crippen LogP) is 4.99. The van der Waals surface area contributed by atoms with Crippen LogP contribution < -0.4 is 5.43 Å². The van der Waals surface area contributed by atoms with Crippen LogP contribution in [0, 0.1) is 0 Å². The highest BCUT2D eigenvalue weighted by atomic mass is 35.5. The van der Waals surface area contributed by atoms with E-state index in [1.165, 1.54) is 0 Å². The van der Waals surface area contributed by atoms with Gasteiger partial charge in [0, 0.05) is 13.1 Å². The monoisotopic (exact) mass is 444 g/mol. The molecule has 1 aromatic heterocycles. The lowest BCUT2D eigenvalue weighted by Crippen LogP contribution is -2.37. The first-order valence-corrected chi connectivity index (χ1v) is 10.8. The van der Waals surface area contributed by atoms with Gasteiger partial charge in [-0.15, -0.1) is 0 Å². The third-order valence-corrected chi connectivity index (χ3v) is 6.42. The van der Waals surface area contributed by atoms with Crippen LogP contribution in [0.2, 0.25) is 10.0 Å². The summed E-state index contributed by atoms with van der Waals surface area (Å²) in [5.41, 5.74) is 1.31. The van der Waals surface area contributed by atoms with Crippen LogP contribution in [0.3, 0.4) is 0 Å². The smallest absolute Gasteiger partial charge is 0.290 e. The second kappa shape index (κ2) is 8.42. The molecule has 156 valence electrons. The summed E-state index contributed by atoms with van der Waals surface area (Å²) in [5, 5.41) is 1.26. The molecule has 3 aromatic rings. The standard InChI is InChI=1S/C23H22Cl2N2O3/c1-3-26(4-2)11-12-27-20(14-9-10-16(24)17(25)13-14)19-21(28)15-7-5-6-8-18(15)30-22(19)23(27)29/h5-10,13,20H,3-4,11-12H2,1-2H3/t20-/m0/s1. The zero-order valence-electron chi connectivity index (χ0n) is 16.8. The fourth-order valence-electron chi connectivity index (χ4n) is 4.02. The van der Waals surface area contributed by atoms with Crippen molar-refractivity contribution in [1.82, 2.24) is 9.80 Å². The number of likely N-dealkylation sites (N-methyl/N-ethyl adjacent to an activating group) is 1. The highest BCUT2D eigenvalue weighted by molar-refractivity contribution is 6.42. The fourth-order valence-corrected chi connectivity index (χ4v) is 4.32. The minimum absolute atomic E-state index is 0.106. The Morgan fingerprint density at radius 2 is 1.77 bits per heavy atom. The molecule has 0 N–H and O–H groups in total. The summed E-state index contributed by atoms with van der Waals surface area (Å²) in [4.78, 5) is 30.7. The van der Waals surface area contributed by atoms with Crippen molar-refractivity contribution in [3.63, 3.8) is 0 Å². The number of hydrogen-bond acceptors (Lipinski definition) is 4. The first-order chi connectivity index (χ1) is 14.5. The Balaban J connectivity index is 1.88. The van der Waals surface area contributed by atoms with Crippen molar-refractivity contribution in [1.29, 1.82) is 0 Å². The van der Waals surface area contributed by atoms with Crippen LogP contribution in [-0.2, 0) is 0 Å². The third-order valence-electron chi connectivity index (χ3n) is 5.68. The van der Waals surface area contributed by atoms with Crippen molar-refractivity contribution >= 4 is 40.1 Å². The molecule has 1 amide bonds. The van der Waals surface area contributed by atoms with Gasteiger partial charge in [-0.3, -0.25) is 9.59 Å². The van der Waals surface area contributed by atoms with Gasteiger partial charge in [-0.05, 0) is 42.9 Å². The van der Waals surface area contributed by atoms with Crippen molar-refractivity contribution in [2.24, 2.45) is 0 Å². The van der Waals surface area contributed by atoms with E-state index < -0.39 is 6.04 Å². The minimum Gasteiger partial charge on any atom is -0.450 e. The minimum atomic E-state index is -0.571. The van der Waals surface area contributed by atoms with E-state index in [2.05, 4.69) is 18.7 Å². The third kappa shape index (κ3) is 3.51. The summed E-state index contributed by atoms with van der Waals surface area (Å²) in [6.07, 6.45) is 0. The van der Waals surface area contributed by atoms with Gasteiger partial charge in [-0.25, -0.2) is 0 Å². The van der Waals surface area contributed by atoms with Gasteiger partial charge in [0.05, 0.1) is 27.0 Å². The molecule has 0 saturated heterocycles. The number of benzene rings is 2. The van der Waals surface area contributed by atoms with Gasteiger partial charge >= 0.3 is 0 Å². The highest BCUT2D eigenvalue weighted by Crippen LogP contribution is 2.39. The number of fused-ring (bicyclic) bond motifs is 2. The van der Waals surface area contributed by atoms with Crippen LogP contribution in [0.25, 0.3) is 11.0 Å². The average Bonchev–Trinajstić information content (AvgIpc) is 3.03. The number of nitrogens with zero attached hydrogens (tertiary/aromatic N) is 2. The van der Waals surface area contributed by atoms with Crippen LogP contribution in [0.4, 0.5) is 0 Å². The van der Waals surface area contributed by atoms with E-state index in [0.717, 1.165) is 18.7 Å². The first-order valence-electron chi connectivity index (χ1n) is 10.00. The molecule has 0 saturated carbocycles. The predicted molar refractivity (Wildman–Crippen MR) is 120 cm³/mol. The summed E-state index contributed by atoms with van der Waals surface area (Å²) in [6, 6.07) is 11.6. The molecular formula is C23H22Cl2N2O3. The quantitative estimate of drug-likeness (QED) is 0.537. The molecule has 1 aliphatic rings. The van der Waals surface area contributed by atoms with Crippen LogP contribution >= 0.6 is 23.2 Å². The second-order valence-electron chi connectivity index (χ2n) is 7.27. The Kier molecular flexibility index (Phi) is 5.87. The molecule has 7 heteroatoms. The van der Waals surface area contributed by atoms with E-state index >= 15 is 0 Å². The number of halogens is 2. The molecule has 0 bridgehead atoms. The second-order valence-corrected chi connectivity index (χ2v) is 8.09. The van der Waals surface area contributed by atoms with Crippen molar-refractivity contribution in [3.8, 4) is 0 Å². The van der Waals surface area contributed by atoms with Crippen LogP contribution in [0.15, 0.2) is 51.7 Å². The summed E-state index contributed by atoms with van der Waals surface area (Å²) < 4.78 is 5.93. The molecule has 1 aliphatic heterocycles. The van der Waals surface area contributed by atoms with Gasteiger partial charge in [0.15, 0.2) is 5.43 Å². The summed E-state index contributed by atoms with van der Waals surface area (Å²) in [7, 11) is 0. The van der Waals surface area contributed by atoms with Crippen molar-refractivity contribution in [2.75, 3.05) is 26.2 Å². The summed E-state index contributed by atoms with van der Waals surface area (Å²) >= 11 is 12.4. The zero-order valence-corrected chi connectivity index (χ0v) is 18.3. The SMILES string of the molecule is CCN(CC)CCN1C(=O)c2oc3ccccc3c(=O)c2[C@@H]1c1ccc(Cl)c(Cl)c1. The molecule has 2 heterocycles. The van der Waals surface area contributed by atoms with Gasteiger partial charge < -0.3 is 14.2 Å². The Bertz CT molecular complexity index is 1170. The van der Waals surface area contributed by atoms with Crippen molar-refractivity contribution < 1.29 is 9.21 Å². The number of rotatable bonds is 6. The van der Waals surface area contributed by atoms with Crippen LogP contribution in [0.1, 0.15) is 41.6 Å². The topological polar surface area (TPSA) is 53.8 Å². The highest BCUT2D eigenvalue weighted by Gasteiger charge is 2.42. The molecule has 0 fully saturated rings. The van der Waals surface area contributed by atoms with Crippen LogP contribution in [-0.4, -0.2) is 41.9 Å². The van der Waals surface area contributed by atoms with Gasteiger partial charge in [-0.1, -0.05) is 55.2 Å². The molecule has 4 rings (SSSR count). The Morgan fingerprint density at radius 3 is 2.47 bits per heavy atom. The van der Waals surface area contributed by atoms with E-state index in [1.54, 1.807) is 47.4 Å². The Morgan fingerprint density at radius 1 is 1.03 bits per heavy atom. The van der Waals surface area contributed by atoms with Gasteiger partial charge in [0.1, 0.15) is 5.58 Å². The van der Waals surface area contributed by atoms with Gasteiger partial charge in [0.2, 0.25) is 5.76 Å². The fraction of sp³-hybridized carbons (Fsp3) is 0.304. The van der Waals surface area contributed by atoms with E-state index in [1.807, 2.05) is 0 Å². The molecular weight excluding hydrogens is 423 g/mol. The average molecular weight is 445 g/mol. The van der Waals surface area contributed by atoms with E-state index in [9.17, 15) is 9.59 Å². The zero-order chi connectivity index (χ0) is 21.4. The van der Waals surface area contributed by atoms with Crippen molar-refractivity contribution in [3.05, 3.63) is 79.6 Å². The van der Waals surface area contributed by atoms with E-state index in [0.29, 0.717) is 39.7 Å². The number of para-hydroxylation sites is 1. The summed E-state index contributed by atoms with van der Waals surface area (Å²) in [5.74, 6) is -0.176. The Hall–Kier alpha value is -2.34. The molecule has 0 unspecified atom stereocenters. The van der Waals surface area contributed by atoms with Crippen LogP contribution in [0.5, 0.6) is 0 Å². The molecule has 0 aliphatic carbocycles. The maximum atomic E-state index is 13.4. The lowest BCUT2D eigenvalue weighted by molar-refractivity contribution is 0.0708. The largest absolute Gasteiger partial charge is 0.450 e. The van der Waals surface area contributed by atoms with E-state index in [4.69, 9.17) is 27.6 Å². The first kappa shape index (κ1) is 20.9. The molecule has 2 aromatic carbocycles. The van der Waals surface area contributed by atoms with E-state index in [-0.39, 0.29) is 17.1 Å². The lowest BCUT2D eigenvalue weighted by Gasteiger charge is -2.28. The van der Waals surface area contributed by atoms with Gasteiger partial charge in [-0.2, -0.15) is 0 Å². The van der Waals surface area contributed by atoms with Crippen molar-refractivity contribution in [2.45, 2.75) is 19.9 Å².